The molecule has 0 bridgehead atoms. The van der Waals surface area contributed by atoms with Gasteiger partial charge in [0.2, 0.25) is 0 Å². The van der Waals surface area contributed by atoms with E-state index < -0.39 is 4.92 Å². The number of nitrogens with one attached hydrogen (secondary N) is 1. The number of halogens is 1. The van der Waals surface area contributed by atoms with Gasteiger partial charge in [0.05, 0.1) is 22.1 Å². The second kappa shape index (κ2) is 14.3. The van der Waals surface area contributed by atoms with Crippen molar-refractivity contribution in [2.45, 2.75) is 26.9 Å². The Hall–Kier alpha value is -4.87. The number of nitro groups is 1. The van der Waals surface area contributed by atoms with E-state index in [4.69, 9.17) is 14.5 Å². The molecule has 0 atom stereocenters. The number of hydrogen-bond donors (Lipinski definition) is 1. The van der Waals surface area contributed by atoms with E-state index in [0.29, 0.717) is 53.4 Å². The van der Waals surface area contributed by atoms with Crippen LogP contribution < -0.4 is 9.47 Å². The van der Waals surface area contributed by atoms with Crippen molar-refractivity contribution in [1.82, 2.24) is 9.88 Å². The largest absolute Gasteiger partial charge is 0.490 e. The van der Waals surface area contributed by atoms with E-state index in [-0.39, 0.29) is 11.6 Å². The van der Waals surface area contributed by atoms with Gasteiger partial charge in [-0.25, -0.2) is 4.99 Å². The fourth-order valence-corrected chi connectivity index (χ4v) is 6.72. The number of benzene rings is 4. The quantitative estimate of drug-likeness (QED) is 0.0833. The number of amides is 1. The number of aryl methyl sites for hydroxylation is 1. The molecule has 6 rings (SSSR count). The number of aromatic amines is 1. The summed E-state index contributed by atoms with van der Waals surface area (Å²) < 4.78 is 12.8. The van der Waals surface area contributed by atoms with E-state index in [2.05, 4.69) is 33.0 Å². The first-order chi connectivity index (χ1) is 22.8. The van der Waals surface area contributed by atoms with Crippen LogP contribution in [0.3, 0.4) is 0 Å². The fourth-order valence-electron chi connectivity index (χ4n) is 5.27. The number of carbonyl (C=O) groups excluding carboxylic acids is 1. The molecule has 238 valence electrons. The lowest BCUT2D eigenvalue weighted by Crippen LogP contribution is -2.31. The summed E-state index contributed by atoms with van der Waals surface area (Å²) in [6, 6.07) is 25.9. The molecule has 0 saturated carbocycles. The molecule has 0 unspecified atom stereocenters. The van der Waals surface area contributed by atoms with Gasteiger partial charge >= 0.3 is 0 Å². The number of nitrogens with zero attached hydrogens (tertiary/aromatic N) is 3. The molecule has 0 radical (unpaired) electrons. The normalized spacial score (nSPS) is 14.8. The molecule has 9 nitrogen and oxygen atoms in total. The third-order valence-electron chi connectivity index (χ3n) is 7.58. The molecule has 1 aromatic heterocycles. The first kappa shape index (κ1) is 32.1. The molecular formula is C36H31BrN4O5S. The summed E-state index contributed by atoms with van der Waals surface area (Å²) in [5.41, 5.74) is 5.57. The maximum Gasteiger partial charge on any atom is 0.269 e. The predicted molar refractivity (Wildman–Crippen MR) is 190 cm³/mol. The number of aromatic nitrogens is 1. The molecule has 1 aliphatic rings. The minimum atomic E-state index is -0.452. The maximum absolute atomic E-state index is 13.9. The van der Waals surface area contributed by atoms with Crippen molar-refractivity contribution in [1.29, 1.82) is 0 Å². The number of fused-ring (bicyclic) bond motifs is 1. The molecule has 1 amide bonds. The fraction of sp³-hybridized carbons (Fsp3) is 0.167. The maximum atomic E-state index is 13.9. The SMILES string of the molecule is CCOc1cc(/C=C2\SC(=Nc3ccc([N+](=O)[O-])cc3)N(CCc3c[nH]c4ccccc34)C2=O)c(Br)cc1OCc1cccc(C)c1. The zero-order valence-corrected chi connectivity index (χ0v) is 28.1. The van der Waals surface area contributed by atoms with Gasteiger partial charge in [-0.15, -0.1) is 0 Å². The number of aliphatic imine (C=N–C) groups is 1. The molecule has 4 aromatic carbocycles. The van der Waals surface area contributed by atoms with Gasteiger partial charge < -0.3 is 14.5 Å². The van der Waals surface area contributed by atoms with Gasteiger partial charge in [0, 0.05) is 40.2 Å². The summed E-state index contributed by atoms with van der Waals surface area (Å²) in [7, 11) is 0. The highest BCUT2D eigenvalue weighted by Gasteiger charge is 2.33. The average molecular weight is 712 g/mol. The van der Waals surface area contributed by atoms with Crippen LogP contribution in [0.4, 0.5) is 11.4 Å². The third-order valence-corrected chi connectivity index (χ3v) is 9.27. The van der Waals surface area contributed by atoms with Crippen molar-refractivity contribution in [3.8, 4) is 11.5 Å². The van der Waals surface area contributed by atoms with Crippen molar-refractivity contribution >= 4 is 67.1 Å². The van der Waals surface area contributed by atoms with Crippen LogP contribution in [-0.4, -0.2) is 39.0 Å². The van der Waals surface area contributed by atoms with Crippen LogP contribution in [0.5, 0.6) is 11.5 Å². The van der Waals surface area contributed by atoms with Crippen LogP contribution in [0.15, 0.2) is 105 Å². The van der Waals surface area contributed by atoms with E-state index >= 15 is 0 Å². The standard InChI is InChI=1S/C36H31BrN4O5S/c1-3-45-32-18-26(30(37)20-33(32)46-22-24-8-6-7-23(2)17-24)19-34-35(42)40(16-15-25-21-38-31-10-5-4-9-29(25)31)36(47-34)39-27-11-13-28(14-12-27)41(43)44/h4-14,17-21,38H,3,15-16,22H2,1-2H3/b34-19-,39-36?. The van der Waals surface area contributed by atoms with Crippen molar-refractivity contribution < 1.29 is 19.2 Å². The number of para-hydroxylation sites is 1. The number of rotatable bonds is 11. The Labute approximate surface area is 284 Å². The second-order valence-corrected chi connectivity index (χ2v) is 12.7. The number of nitro benzene ring substituents is 1. The topological polar surface area (TPSA) is 110 Å². The molecule has 1 N–H and O–H groups in total. The lowest BCUT2D eigenvalue weighted by Gasteiger charge is -2.15. The Morgan fingerprint density at radius 3 is 2.57 bits per heavy atom. The van der Waals surface area contributed by atoms with Crippen molar-refractivity contribution in [3.05, 3.63) is 133 Å². The smallest absolute Gasteiger partial charge is 0.269 e. The number of thioether (sulfide) groups is 1. The van der Waals surface area contributed by atoms with Gasteiger partial charge in [-0.3, -0.25) is 19.8 Å². The molecule has 47 heavy (non-hydrogen) atoms. The number of non-ortho nitro benzene ring substituents is 1. The summed E-state index contributed by atoms with van der Waals surface area (Å²) in [6.07, 6.45) is 4.40. The summed E-state index contributed by atoms with van der Waals surface area (Å²) in [6.45, 7) is 5.18. The van der Waals surface area contributed by atoms with Gasteiger partial charge in [-0.1, -0.05) is 64.0 Å². The summed E-state index contributed by atoms with van der Waals surface area (Å²) >= 11 is 4.94. The number of hydrogen-bond acceptors (Lipinski definition) is 7. The molecule has 11 heteroatoms. The average Bonchev–Trinajstić information content (AvgIpc) is 3.60. The Bertz CT molecular complexity index is 2020. The van der Waals surface area contributed by atoms with Gasteiger partial charge in [-0.2, -0.15) is 0 Å². The van der Waals surface area contributed by atoms with E-state index in [9.17, 15) is 14.9 Å². The minimum absolute atomic E-state index is 0.0258. The Balaban J connectivity index is 1.30. The molecule has 2 heterocycles. The van der Waals surface area contributed by atoms with E-state index in [1.54, 1.807) is 17.0 Å². The zero-order chi connectivity index (χ0) is 32.9. The van der Waals surface area contributed by atoms with Crippen LogP contribution >= 0.6 is 27.7 Å². The van der Waals surface area contributed by atoms with E-state index in [1.165, 1.54) is 23.9 Å². The Morgan fingerprint density at radius 1 is 1.02 bits per heavy atom. The van der Waals surface area contributed by atoms with Crippen LogP contribution in [0.25, 0.3) is 17.0 Å². The molecule has 5 aromatic rings. The molecule has 0 aliphatic carbocycles. The predicted octanol–water partition coefficient (Wildman–Crippen LogP) is 8.97. The van der Waals surface area contributed by atoms with Gasteiger partial charge in [0.1, 0.15) is 6.61 Å². The molecule has 1 fully saturated rings. The lowest BCUT2D eigenvalue weighted by molar-refractivity contribution is -0.384. The number of carbonyl (C=O) groups is 1. The lowest BCUT2D eigenvalue weighted by atomic mass is 10.1. The van der Waals surface area contributed by atoms with Gasteiger partial charge in [-0.05, 0) is 85.1 Å². The zero-order valence-electron chi connectivity index (χ0n) is 25.7. The van der Waals surface area contributed by atoms with Crippen molar-refractivity contribution in [3.63, 3.8) is 0 Å². The second-order valence-electron chi connectivity index (χ2n) is 10.9. The van der Waals surface area contributed by atoms with Crippen LogP contribution in [0.1, 0.15) is 29.2 Å². The molecule has 0 spiro atoms. The van der Waals surface area contributed by atoms with Crippen LogP contribution in [0, 0.1) is 17.0 Å². The van der Waals surface area contributed by atoms with Crippen LogP contribution in [0.2, 0.25) is 0 Å². The van der Waals surface area contributed by atoms with Gasteiger partial charge in [0.15, 0.2) is 16.7 Å². The Morgan fingerprint density at radius 2 is 1.81 bits per heavy atom. The molecular weight excluding hydrogens is 680 g/mol. The number of ether oxygens (including phenoxy) is 2. The highest BCUT2D eigenvalue weighted by atomic mass is 79.9. The first-order valence-corrected chi connectivity index (χ1v) is 16.6. The van der Waals surface area contributed by atoms with E-state index in [0.717, 1.165) is 37.6 Å². The number of amidine groups is 1. The van der Waals surface area contributed by atoms with Crippen molar-refractivity contribution in [2.75, 3.05) is 13.2 Å². The molecule has 1 saturated heterocycles. The van der Waals surface area contributed by atoms with Gasteiger partial charge in [0.25, 0.3) is 11.6 Å². The summed E-state index contributed by atoms with van der Waals surface area (Å²) in [5, 5.41) is 12.8. The van der Waals surface area contributed by atoms with E-state index in [1.807, 2.05) is 74.7 Å². The monoisotopic (exact) mass is 710 g/mol. The van der Waals surface area contributed by atoms with Crippen LogP contribution in [-0.2, 0) is 17.8 Å². The Kier molecular flexibility index (Phi) is 9.74. The first-order valence-electron chi connectivity index (χ1n) is 15.0. The summed E-state index contributed by atoms with van der Waals surface area (Å²) in [4.78, 5) is 34.8. The highest BCUT2D eigenvalue weighted by molar-refractivity contribution is 9.10. The number of H-pyrrole nitrogens is 1. The summed E-state index contributed by atoms with van der Waals surface area (Å²) in [5.74, 6) is 0.982. The third kappa shape index (κ3) is 7.42. The highest BCUT2D eigenvalue weighted by Crippen LogP contribution is 2.39. The minimum Gasteiger partial charge on any atom is -0.490 e. The van der Waals surface area contributed by atoms with Crippen molar-refractivity contribution in [2.24, 2.45) is 4.99 Å². The molecule has 1 aliphatic heterocycles.